The fraction of sp³-hybridized carbons (Fsp3) is 0.278. The summed E-state index contributed by atoms with van der Waals surface area (Å²) in [5, 5.41) is 5.29. The molecule has 1 aliphatic rings. The van der Waals surface area contributed by atoms with Gasteiger partial charge in [0, 0.05) is 11.1 Å². The van der Waals surface area contributed by atoms with Gasteiger partial charge in [-0.15, -0.1) is 0 Å². The lowest BCUT2D eigenvalue weighted by molar-refractivity contribution is 0.581. The van der Waals surface area contributed by atoms with E-state index in [0.29, 0.717) is 32.9 Å². The zero-order chi connectivity index (χ0) is 15.1. The zero-order valence-corrected chi connectivity index (χ0v) is 12.8. The quantitative estimate of drug-likeness (QED) is 0.733. The largest absolute Gasteiger partial charge is 0.456 e. The lowest BCUT2D eigenvalue weighted by Gasteiger charge is -2.12. The molecule has 1 unspecified atom stereocenters. The molecule has 22 heavy (non-hydrogen) atoms. The van der Waals surface area contributed by atoms with Crippen LogP contribution in [0.15, 0.2) is 45.6 Å². The molecule has 1 atom stereocenters. The van der Waals surface area contributed by atoms with Gasteiger partial charge in [0.2, 0.25) is 5.43 Å². The summed E-state index contributed by atoms with van der Waals surface area (Å²) in [7, 11) is 0. The van der Waals surface area contributed by atoms with Crippen LogP contribution in [-0.4, -0.2) is 13.1 Å². The summed E-state index contributed by atoms with van der Waals surface area (Å²) in [4.78, 5) is 12.9. The van der Waals surface area contributed by atoms with E-state index in [1.165, 1.54) is 0 Å². The number of hydrogen-bond acceptors (Lipinski definition) is 3. The Labute approximate surface area is 132 Å². The first-order chi connectivity index (χ1) is 10.7. The number of benzene rings is 2. The van der Waals surface area contributed by atoms with E-state index in [1.54, 1.807) is 6.07 Å². The highest BCUT2D eigenvalue weighted by atomic mass is 35.5. The van der Waals surface area contributed by atoms with Gasteiger partial charge in [0.15, 0.2) is 0 Å². The number of fused-ring (bicyclic) bond motifs is 2. The highest BCUT2D eigenvalue weighted by Gasteiger charge is 2.19. The van der Waals surface area contributed by atoms with E-state index in [2.05, 4.69) is 5.32 Å². The molecule has 1 aromatic heterocycles. The van der Waals surface area contributed by atoms with Crippen LogP contribution in [0.2, 0.25) is 5.02 Å². The van der Waals surface area contributed by atoms with E-state index in [4.69, 9.17) is 16.0 Å². The molecule has 0 spiro atoms. The molecule has 4 heteroatoms. The Morgan fingerprint density at radius 1 is 1.23 bits per heavy atom. The number of halogens is 1. The van der Waals surface area contributed by atoms with E-state index < -0.39 is 0 Å². The van der Waals surface area contributed by atoms with Crippen molar-refractivity contribution in [3.05, 3.63) is 57.2 Å². The SMILES string of the molecule is O=c1c2ccccc2oc2cc(Cl)cc(CC3CCNC3)c12. The normalized spacial score (nSPS) is 18.3. The van der Waals surface area contributed by atoms with Crippen LogP contribution in [0, 0.1) is 5.92 Å². The number of nitrogens with one attached hydrogen (secondary N) is 1. The molecule has 0 radical (unpaired) electrons. The highest BCUT2D eigenvalue weighted by molar-refractivity contribution is 6.31. The van der Waals surface area contributed by atoms with Crippen molar-refractivity contribution in [1.29, 1.82) is 0 Å². The summed E-state index contributed by atoms with van der Waals surface area (Å²) in [6.07, 6.45) is 1.99. The fourth-order valence-corrected chi connectivity index (χ4v) is 3.56. The molecule has 3 nitrogen and oxygen atoms in total. The molecule has 0 saturated carbocycles. The molecule has 3 aromatic rings. The van der Waals surface area contributed by atoms with Crippen molar-refractivity contribution in [2.45, 2.75) is 12.8 Å². The summed E-state index contributed by atoms with van der Waals surface area (Å²) in [5.74, 6) is 0.549. The van der Waals surface area contributed by atoms with Crippen molar-refractivity contribution in [2.75, 3.05) is 13.1 Å². The van der Waals surface area contributed by atoms with Crippen LogP contribution in [0.25, 0.3) is 21.9 Å². The Hall–Kier alpha value is -1.84. The van der Waals surface area contributed by atoms with Gasteiger partial charge in [-0.3, -0.25) is 4.79 Å². The second-order valence-corrected chi connectivity index (χ2v) is 6.36. The van der Waals surface area contributed by atoms with Gasteiger partial charge in [-0.2, -0.15) is 0 Å². The molecule has 1 saturated heterocycles. The predicted molar refractivity (Wildman–Crippen MR) is 89.7 cm³/mol. The molecule has 2 aromatic carbocycles. The van der Waals surface area contributed by atoms with Gasteiger partial charge in [-0.05, 0) is 55.6 Å². The maximum atomic E-state index is 12.9. The first kappa shape index (κ1) is 13.8. The van der Waals surface area contributed by atoms with E-state index in [1.807, 2.05) is 30.3 Å². The van der Waals surface area contributed by atoms with E-state index in [-0.39, 0.29) is 5.43 Å². The smallest absolute Gasteiger partial charge is 0.200 e. The molecule has 0 amide bonds. The molecule has 0 bridgehead atoms. The number of para-hydroxylation sites is 1. The minimum Gasteiger partial charge on any atom is -0.456 e. The fourth-order valence-electron chi connectivity index (χ4n) is 3.33. The van der Waals surface area contributed by atoms with Gasteiger partial charge in [0.1, 0.15) is 11.2 Å². The Balaban J connectivity index is 1.98. The summed E-state index contributed by atoms with van der Waals surface area (Å²) < 4.78 is 5.91. The molecule has 1 aliphatic heterocycles. The van der Waals surface area contributed by atoms with Crippen molar-refractivity contribution in [3.8, 4) is 0 Å². The van der Waals surface area contributed by atoms with Gasteiger partial charge in [0.25, 0.3) is 0 Å². The van der Waals surface area contributed by atoms with Crippen LogP contribution in [0.1, 0.15) is 12.0 Å². The van der Waals surface area contributed by atoms with E-state index in [0.717, 1.165) is 31.5 Å². The Kier molecular flexibility index (Phi) is 3.40. The molecule has 1 fully saturated rings. The molecular formula is C18H16ClNO2. The summed E-state index contributed by atoms with van der Waals surface area (Å²) in [6.45, 7) is 2.04. The maximum absolute atomic E-state index is 12.9. The molecular weight excluding hydrogens is 298 g/mol. The third-order valence-electron chi connectivity index (χ3n) is 4.40. The van der Waals surface area contributed by atoms with Crippen LogP contribution in [0.5, 0.6) is 0 Å². The zero-order valence-electron chi connectivity index (χ0n) is 12.1. The molecule has 112 valence electrons. The molecule has 2 heterocycles. The second kappa shape index (κ2) is 5.41. The van der Waals surface area contributed by atoms with Gasteiger partial charge in [-0.1, -0.05) is 23.7 Å². The van der Waals surface area contributed by atoms with Gasteiger partial charge < -0.3 is 9.73 Å². The maximum Gasteiger partial charge on any atom is 0.200 e. The van der Waals surface area contributed by atoms with Crippen molar-refractivity contribution >= 4 is 33.5 Å². The molecule has 1 N–H and O–H groups in total. The highest BCUT2D eigenvalue weighted by Crippen LogP contribution is 2.28. The second-order valence-electron chi connectivity index (χ2n) is 5.93. The average Bonchev–Trinajstić information content (AvgIpc) is 3.00. The Morgan fingerprint density at radius 3 is 2.91 bits per heavy atom. The number of rotatable bonds is 2. The van der Waals surface area contributed by atoms with Crippen molar-refractivity contribution in [1.82, 2.24) is 5.32 Å². The molecule has 4 rings (SSSR count). The Bertz CT molecular complexity index is 910. The van der Waals surface area contributed by atoms with Crippen LogP contribution < -0.4 is 10.7 Å². The summed E-state index contributed by atoms with van der Waals surface area (Å²) in [5.41, 5.74) is 2.22. The third-order valence-corrected chi connectivity index (χ3v) is 4.62. The summed E-state index contributed by atoms with van der Waals surface area (Å²) >= 11 is 6.24. The first-order valence-electron chi connectivity index (χ1n) is 7.57. The van der Waals surface area contributed by atoms with Crippen molar-refractivity contribution in [3.63, 3.8) is 0 Å². The lowest BCUT2D eigenvalue weighted by atomic mass is 9.95. The van der Waals surface area contributed by atoms with Gasteiger partial charge in [0.05, 0.1) is 10.8 Å². The van der Waals surface area contributed by atoms with Crippen molar-refractivity contribution in [2.24, 2.45) is 5.92 Å². The monoisotopic (exact) mass is 313 g/mol. The average molecular weight is 314 g/mol. The minimum atomic E-state index is 0.0365. The third kappa shape index (κ3) is 2.31. The van der Waals surface area contributed by atoms with Crippen LogP contribution in [-0.2, 0) is 6.42 Å². The standard InChI is InChI=1S/C18H16ClNO2/c19-13-8-12(7-11-5-6-20-10-11)17-16(9-13)22-15-4-2-1-3-14(15)18(17)21/h1-4,8-9,11,20H,5-7,10H2. The van der Waals surface area contributed by atoms with Crippen molar-refractivity contribution < 1.29 is 4.42 Å². The Morgan fingerprint density at radius 2 is 2.09 bits per heavy atom. The van der Waals surface area contributed by atoms with E-state index in [9.17, 15) is 4.79 Å². The van der Waals surface area contributed by atoms with Crippen LogP contribution >= 0.6 is 11.6 Å². The topological polar surface area (TPSA) is 42.2 Å². The molecule has 0 aliphatic carbocycles. The van der Waals surface area contributed by atoms with Gasteiger partial charge in [-0.25, -0.2) is 0 Å². The van der Waals surface area contributed by atoms with Crippen LogP contribution in [0.4, 0.5) is 0 Å². The summed E-state index contributed by atoms with van der Waals surface area (Å²) in [6, 6.07) is 11.0. The van der Waals surface area contributed by atoms with E-state index >= 15 is 0 Å². The lowest BCUT2D eigenvalue weighted by Crippen LogP contribution is -2.13. The van der Waals surface area contributed by atoms with Crippen LogP contribution in [0.3, 0.4) is 0 Å². The number of hydrogen-bond donors (Lipinski definition) is 1. The minimum absolute atomic E-state index is 0.0365. The predicted octanol–water partition coefficient (Wildman–Crippen LogP) is 3.75. The van der Waals surface area contributed by atoms with Gasteiger partial charge >= 0.3 is 0 Å². The first-order valence-corrected chi connectivity index (χ1v) is 7.95.